The van der Waals surface area contributed by atoms with Crippen LogP contribution in [0.5, 0.6) is 5.75 Å². The number of nitrogens with zero attached hydrogens (tertiary/aromatic N) is 4. The predicted molar refractivity (Wildman–Crippen MR) is 118 cm³/mol. The van der Waals surface area contributed by atoms with Crippen molar-refractivity contribution in [3.05, 3.63) is 72.8 Å². The normalized spacial score (nSPS) is 15.6. The summed E-state index contributed by atoms with van der Waals surface area (Å²) in [6, 6.07) is 12.1. The van der Waals surface area contributed by atoms with E-state index in [2.05, 4.69) is 21.7 Å². The number of amides is 1. The van der Waals surface area contributed by atoms with Gasteiger partial charge in [-0.15, -0.1) is 0 Å². The van der Waals surface area contributed by atoms with Gasteiger partial charge in [-0.25, -0.2) is 4.79 Å². The topological polar surface area (TPSA) is 108 Å². The lowest BCUT2D eigenvalue weighted by Crippen LogP contribution is -2.41. The summed E-state index contributed by atoms with van der Waals surface area (Å²) in [7, 11) is 0. The predicted octanol–water partition coefficient (Wildman–Crippen LogP) is 3.61. The molecule has 0 saturated carbocycles. The van der Waals surface area contributed by atoms with Crippen LogP contribution in [-0.4, -0.2) is 51.7 Å². The van der Waals surface area contributed by atoms with Gasteiger partial charge in [0, 0.05) is 12.7 Å². The first-order chi connectivity index (χ1) is 16.2. The van der Waals surface area contributed by atoms with Crippen molar-refractivity contribution in [1.29, 1.82) is 0 Å². The number of hydrogen-bond donors (Lipinski definition) is 0. The van der Waals surface area contributed by atoms with Gasteiger partial charge >= 0.3 is 5.97 Å². The van der Waals surface area contributed by atoms with E-state index in [0.717, 1.165) is 19.3 Å². The second-order valence-corrected chi connectivity index (χ2v) is 7.48. The van der Waals surface area contributed by atoms with Gasteiger partial charge in [-0.05, 0) is 43.5 Å². The summed E-state index contributed by atoms with van der Waals surface area (Å²) < 4.78 is 16.1. The zero-order valence-electron chi connectivity index (χ0n) is 18.1. The zero-order valence-corrected chi connectivity index (χ0v) is 18.1. The lowest BCUT2D eigenvalue weighted by molar-refractivity contribution is -0.138. The Morgan fingerprint density at radius 2 is 2.03 bits per heavy atom. The summed E-state index contributed by atoms with van der Waals surface area (Å²) in [5.41, 5.74) is 0.762. The van der Waals surface area contributed by atoms with Gasteiger partial charge in [0.2, 0.25) is 11.7 Å². The Labute approximate surface area is 191 Å². The maximum Gasteiger partial charge on any atom is 0.340 e. The van der Waals surface area contributed by atoms with E-state index in [0.29, 0.717) is 29.4 Å². The fourth-order valence-electron chi connectivity index (χ4n) is 3.57. The molecular weight excluding hydrogens is 424 g/mol. The van der Waals surface area contributed by atoms with Crippen molar-refractivity contribution < 1.29 is 23.6 Å². The Balaban J connectivity index is 1.44. The van der Waals surface area contributed by atoms with Crippen LogP contribution in [0, 0.1) is 0 Å². The summed E-state index contributed by atoms with van der Waals surface area (Å²) in [4.78, 5) is 35.2. The third kappa shape index (κ3) is 5.43. The first kappa shape index (κ1) is 22.2. The number of pyridine rings is 1. The largest absolute Gasteiger partial charge is 0.484 e. The number of rotatable bonds is 8. The van der Waals surface area contributed by atoms with Crippen molar-refractivity contribution in [3.8, 4) is 17.3 Å². The quantitative estimate of drug-likeness (QED) is 0.380. The van der Waals surface area contributed by atoms with E-state index in [-0.39, 0.29) is 31.0 Å². The van der Waals surface area contributed by atoms with Gasteiger partial charge in [0.1, 0.15) is 24.1 Å². The molecule has 4 rings (SSSR count). The first-order valence-electron chi connectivity index (χ1n) is 10.7. The molecule has 9 heteroatoms. The molecule has 0 N–H and O–H groups in total. The molecule has 1 saturated heterocycles. The van der Waals surface area contributed by atoms with E-state index >= 15 is 0 Å². The summed E-state index contributed by atoms with van der Waals surface area (Å²) >= 11 is 0. The third-order valence-electron chi connectivity index (χ3n) is 5.22. The van der Waals surface area contributed by atoms with Crippen LogP contribution in [0.1, 0.15) is 41.6 Å². The molecule has 9 nitrogen and oxygen atoms in total. The van der Waals surface area contributed by atoms with Crippen LogP contribution in [0.25, 0.3) is 11.5 Å². The van der Waals surface area contributed by atoms with Gasteiger partial charge in [-0.3, -0.25) is 9.78 Å². The Morgan fingerprint density at radius 1 is 1.18 bits per heavy atom. The second-order valence-electron chi connectivity index (χ2n) is 7.48. The Kier molecular flexibility index (Phi) is 7.09. The smallest absolute Gasteiger partial charge is 0.340 e. The lowest BCUT2D eigenvalue weighted by atomic mass is 10.0. The summed E-state index contributed by atoms with van der Waals surface area (Å²) in [6.07, 6.45) is 5.47. The van der Waals surface area contributed by atoms with E-state index < -0.39 is 5.97 Å². The molecule has 0 radical (unpaired) electrons. The number of likely N-dealkylation sites (tertiary alicyclic amines) is 1. The Hall–Kier alpha value is -4.01. The molecular formula is C24H24N4O5. The highest BCUT2D eigenvalue weighted by Gasteiger charge is 2.32. The molecule has 0 unspecified atom stereocenters. The van der Waals surface area contributed by atoms with Crippen LogP contribution in [0.15, 0.2) is 65.8 Å². The highest BCUT2D eigenvalue weighted by Crippen LogP contribution is 2.31. The van der Waals surface area contributed by atoms with Crippen LogP contribution in [-0.2, 0) is 9.53 Å². The monoisotopic (exact) mass is 448 g/mol. The van der Waals surface area contributed by atoms with Crippen LogP contribution in [0.3, 0.4) is 0 Å². The molecule has 33 heavy (non-hydrogen) atoms. The van der Waals surface area contributed by atoms with E-state index in [1.807, 2.05) is 30.3 Å². The number of aromatic nitrogens is 3. The maximum absolute atomic E-state index is 12.9. The zero-order chi connectivity index (χ0) is 23.0. The molecule has 1 amide bonds. The Bertz CT molecular complexity index is 1100. The van der Waals surface area contributed by atoms with Gasteiger partial charge in [0.15, 0.2) is 6.61 Å². The number of ether oxygens (including phenoxy) is 2. The third-order valence-corrected chi connectivity index (χ3v) is 5.22. The molecule has 3 heterocycles. The number of carbonyl (C=O) groups excluding carboxylic acids is 2. The minimum Gasteiger partial charge on any atom is -0.484 e. The second kappa shape index (κ2) is 10.5. The van der Waals surface area contributed by atoms with Gasteiger partial charge in [0.05, 0.1) is 5.56 Å². The average molecular weight is 448 g/mol. The summed E-state index contributed by atoms with van der Waals surface area (Å²) in [5, 5.41) is 4.03. The van der Waals surface area contributed by atoms with Crippen LogP contribution >= 0.6 is 0 Å². The molecule has 1 fully saturated rings. The first-order valence-corrected chi connectivity index (χ1v) is 10.7. The standard InChI is InChI=1S/C24H24N4O5/c1-2-14-31-24(30)17-11-12-19(25-15-17)22-26-23(33-27-22)20-10-6-7-13-28(20)21(29)16-32-18-8-4-3-5-9-18/h2-5,8-9,11-12,15,20H,1,6-7,10,13-14,16H2/t20-/m1/s1. The van der Waals surface area contributed by atoms with E-state index in [1.54, 1.807) is 17.0 Å². The van der Waals surface area contributed by atoms with Gasteiger partial charge < -0.3 is 18.9 Å². The van der Waals surface area contributed by atoms with Crippen molar-refractivity contribution in [3.63, 3.8) is 0 Å². The van der Waals surface area contributed by atoms with Crippen molar-refractivity contribution in [2.45, 2.75) is 25.3 Å². The molecule has 1 aliphatic heterocycles. The molecule has 0 aliphatic carbocycles. The number of hydrogen-bond acceptors (Lipinski definition) is 8. The minimum absolute atomic E-state index is 0.0630. The van der Waals surface area contributed by atoms with E-state index in [1.165, 1.54) is 12.3 Å². The average Bonchev–Trinajstić information content (AvgIpc) is 3.37. The molecule has 3 aromatic rings. The molecule has 0 spiro atoms. The number of carbonyl (C=O) groups is 2. The maximum atomic E-state index is 12.9. The van der Waals surface area contributed by atoms with Gasteiger partial charge in [-0.2, -0.15) is 4.98 Å². The van der Waals surface area contributed by atoms with Crippen molar-refractivity contribution in [2.24, 2.45) is 0 Å². The highest BCUT2D eigenvalue weighted by molar-refractivity contribution is 5.89. The van der Waals surface area contributed by atoms with Crippen LogP contribution in [0.4, 0.5) is 0 Å². The van der Waals surface area contributed by atoms with Crippen molar-refractivity contribution >= 4 is 11.9 Å². The lowest BCUT2D eigenvalue weighted by Gasteiger charge is -2.33. The van der Waals surface area contributed by atoms with E-state index in [9.17, 15) is 9.59 Å². The van der Waals surface area contributed by atoms with Crippen LogP contribution in [0.2, 0.25) is 0 Å². The number of esters is 1. The summed E-state index contributed by atoms with van der Waals surface area (Å²) in [6.45, 7) is 4.17. The molecule has 2 aromatic heterocycles. The minimum atomic E-state index is -0.489. The van der Waals surface area contributed by atoms with Gasteiger partial charge in [0.25, 0.3) is 5.91 Å². The highest BCUT2D eigenvalue weighted by atomic mass is 16.5. The summed E-state index contributed by atoms with van der Waals surface area (Å²) in [5.74, 6) is 0.659. The number of para-hydroxylation sites is 1. The molecule has 1 atom stereocenters. The molecule has 1 aliphatic rings. The molecule has 170 valence electrons. The van der Waals surface area contributed by atoms with Crippen LogP contribution < -0.4 is 4.74 Å². The molecule has 0 bridgehead atoms. The van der Waals surface area contributed by atoms with Gasteiger partial charge in [-0.1, -0.05) is 36.0 Å². The number of piperidine rings is 1. The SMILES string of the molecule is C=CCOC(=O)c1ccc(-c2noc([C@H]3CCCCN3C(=O)COc3ccccc3)n2)nc1. The fourth-order valence-corrected chi connectivity index (χ4v) is 3.57. The Morgan fingerprint density at radius 3 is 2.79 bits per heavy atom. The number of benzene rings is 1. The molecule has 1 aromatic carbocycles. The van der Waals surface area contributed by atoms with E-state index in [4.69, 9.17) is 14.0 Å². The fraction of sp³-hybridized carbons (Fsp3) is 0.292. The van der Waals surface area contributed by atoms with Crippen molar-refractivity contribution in [1.82, 2.24) is 20.0 Å². The van der Waals surface area contributed by atoms with Crippen molar-refractivity contribution in [2.75, 3.05) is 19.8 Å².